The Morgan fingerprint density at radius 2 is 2.08 bits per heavy atom. The fraction of sp³-hybridized carbons (Fsp3) is 0.273. The maximum absolute atomic E-state index is 5.83. The van der Waals surface area contributed by atoms with Crippen LogP contribution in [0, 0.1) is 5.92 Å². The van der Waals surface area contributed by atoms with Crippen molar-refractivity contribution in [2.45, 2.75) is 13.8 Å². The first-order valence-corrected chi connectivity index (χ1v) is 4.50. The SMILES string of the molecule is CC(C)/C=C/c1cccc(Cl)c1. The van der Waals surface area contributed by atoms with Crippen LogP contribution in [-0.4, -0.2) is 0 Å². The van der Waals surface area contributed by atoms with E-state index in [9.17, 15) is 0 Å². The average Bonchev–Trinajstić information content (AvgIpc) is 2.01. The largest absolute Gasteiger partial charge is 0.0843 e. The van der Waals surface area contributed by atoms with Gasteiger partial charge in [-0.05, 0) is 23.6 Å². The summed E-state index contributed by atoms with van der Waals surface area (Å²) >= 11 is 5.83. The highest BCUT2D eigenvalue weighted by molar-refractivity contribution is 6.30. The van der Waals surface area contributed by atoms with Gasteiger partial charge in [0.2, 0.25) is 0 Å². The molecule has 0 aliphatic rings. The number of rotatable bonds is 2. The highest BCUT2D eigenvalue weighted by atomic mass is 35.5. The number of hydrogen-bond acceptors (Lipinski definition) is 0. The minimum Gasteiger partial charge on any atom is -0.0843 e. The Bertz CT molecular complexity index is 274. The molecule has 0 N–H and O–H groups in total. The molecule has 0 heterocycles. The van der Waals surface area contributed by atoms with E-state index >= 15 is 0 Å². The third kappa shape index (κ3) is 3.10. The van der Waals surface area contributed by atoms with Crippen LogP contribution in [0.15, 0.2) is 30.3 Å². The molecule has 1 aromatic carbocycles. The Kier molecular flexibility index (Phi) is 3.36. The normalized spacial score (nSPS) is 11.3. The van der Waals surface area contributed by atoms with E-state index in [1.807, 2.05) is 24.3 Å². The van der Waals surface area contributed by atoms with E-state index < -0.39 is 0 Å². The van der Waals surface area contributed by atoms with Gasteiger partial charge in [0.05, 0.1) is 0 Å². The summed E-state index contributed by atoms with van der Waals surface area (Å²) in [6.45, 7) is 4.31. The number of hydrogen-bond donors (Lipinski definition) is 0. The maximum Gasteiger partial charge on any atom is 0.0411 e. The van der Waals surface area contributed by atoms with Gasteiger partial charge in [-0.25, -0.2) is 0 Å². The van der Waals surface area contributed by atoms with Crippen molar-refractivity contribution in [2.75, 3.05) is 0 Å². The van der Waals surface area contributed by atoms with Crippen molar-refractivity contribution < 1.29 is 0 Å². The molecule has 0 aromatic heterocycles. The number of halogens is 1. The molecule has 0 aliphatic carbocycles. The fourth-order valence-electron chi connectivity index (χ4n) is 0.914. The summed E-state index contributed by atoms with van der Waals surface area (Å²) in [7, 11) is 0. The van der Waals surface area contributed by atoms with Gasteiger partial charge < -0.3 is 0 Å². The number of benzene rings is 1. The van der Waals surface area contributed by atoms with Gasteiger partial charge in [-0.1, -0.05) is 49.7 Å². The molecule has 64 valence electrons. The third-order valence-corrected chi connectivity index (χ3v) is 1.76. The van der Waals surface area contributed by atoms with Gasteiger partial charge >= 0.3 is 0 Å². The van der Waals surface area contributed by atoms with Crippen molar-refractivity contribution in [3.05, 3.63) is 40.9 Å². The molecule has 12 heavy (non-hydrogen) atoms. The van der Waals surface area contributed by atoms with Crippen LogP contribution < -0.4 is 0 Å². The summed E-state index contributed by atoms with van der Waals surface area (Å²) in [6.07, 6.45) is 4.25. The molecule has 0 amide bonds. The highest BCUT2D eigenvalue weighted by Gasteiger charge is 1.89. The van der Waals surface area contributed by atoms with Crippen molar-refractivity contribution in [3.63, 3.8) is 0 Å². The molecule has 0 saturated carbocycles. The van der Waals surface area contributed by atoms with Gasteiger partial charge in [0, 0.05) is 5.02 Å². The summed E-state index contributed by atoms with van der Waals surface area (Å²) in [6, 6.07) is 7.85. The van der Waals surface area contributed by atoms with Crippen LogP contribution in [0.5, 0.6) is 0 Å². The quantitative estimate of drug-likeness (QED) is 0.645. The van der Waals surface area contributed by atoms with Crippen LogP contribution in [0.1, 0.15) is 19.4 Å². The van der Waals surface area contributed by atoms with E-state index in [2.05, 4.69) is 26.0 Å². The van der Waals surface area contributed by atoms with Gasteiger partial charge in [0.25, 0.3) is 0 Å². The minimum absolute atomic E-state index is 0.587. The first-order valence-electron chi connectivity index (χ1n) is 4.12. The molecule has 0 aliphatic heterocycles. The van der Waals surface area contributed by atoms with Crippen molar-refractivity contribution in [1.29, 1.82) is 0 Å². The van der Waals surface area contributed by atoms with Crippen LogP contribution in [0.3, 0.4) is 0 Å². The van der Waals surface area contributed by atoms with Crippen molar-refractivity contribution in [2.24, 2.45) is 5.92 Å². The maximum atomic E-state index is 5.83. The Morgan fingerprint density at radius 3 is 2.67 bits per heavy atom. The standard InChI is InChI=1S/C11H13Cl/c1-9(2)6-7-10-4-3-5-11(12)8-10/h3-9H,1-2H3/b7-6+. The molecule has 0 fully saturated rings. The first kappa shape index (κ1) is 9.34. The third-order valence-electron chi connectivity index (χ3n) is 1.52. The number of allylic oxidation sites excluding steroid dienone is 1. The average molecular weight is 181 g/mol. The van der Waals surface area contributed by atoms with E-state index in [-0.39, 0.29) is 0 Å². The van der Waals surface area contributed by atoms with Crippen LogP contribution in [-0.2, 0) is 0 Å². The monoisotopic (exact) mass is 180 g/mol. The van der Waals surface area contributed by atoms with Gasteiger partial charge in [-0.15, -0.1) is 0 Å². The zero-order valence-corrected chi connectivity index (χ0v) is 8.18. The second-order valence-electron chi connectivity index (χ2n) is 3.16. The molecule has 0 bridgehead atoms. The zero-order chi connectivity index (χ0) is 8.97. The molecule has 0 saturated heterocycles. The highest BCUT2D eigenvalue weighted by Crippen LogP contribution is 2.12. The topological polar surface area (TPSA) is 0 Å². The van der Waals surface area contributed by atoms with E-state index in [1.165, 1.54) is 0 Å². The van der Waals surface area contributed by atoms with Crippen molar-refractivity contribution in [1.82, 2.24) is 0 Å². The van der Waals surface area contributed by atoms with Crippen LogP contribution >= 0.6 is 11.6 Å². The molecule has 0 spiro atoms. The van der Waals surface area contributed by atoms with E-state index in [0.29, 0.717) is 5.92 Å². The zero-order valence-electron chi connectivity index (χ0n) is 7.42. The van der Waals surface area contributed by atoms with Gasteiger partial charge in [-0.3, -0.25) is 0 Å². The second kappa shape index (κ2) is 4.32. The first-order chi connectivity index (χ1) is 5.68. The molecule has 0 atom stereocenters. The molecule has 0 radical (unpaired) electrons. The van der Waals surface area contributed by atoms with Crippen molar-refractivity contribution in [3.8, 4) is 0 Å². The summed E-state index contributed by atoms with van der Waals surface area (Å²) in [5, 5.41) is 0.793. The van der Waals surface area contributed by atoms with E-state index in [0.717, 1.165) is 10.6 Å². The molecular formula is C11H13Cl. The molecule has 1 heteroatoms. The summed E-state index contributed by atoms with van der Waals surface area (Å²) in [5.41, 5.74) is 1.16. The minimum atomic E-state index is 0.587. The summed E-state index contributed by atoms with van der Waals surface area (Å²) in [4.78, 5) is 0. The Balaban J connectivity index is 2.76. The lowest BCUT2D eigenvalue weighted by atomic mass is 10.1. The Hall–Kier alpha value is -0.750. The predicted octanol–water partition coefficient (Wildman–Crippen LogP) is 4.01. The summed E-state index contributed by atoms with van der Waals surface area (Å²) in [5.74, 6) is 0.587. The van der Waals surface area contributed by atoms with Crippen LogP contribution in [0.4, 0.5) is 0 Å². The lowest BCUT2D eigenvalue weighted by molar-refractivity contribution is 0.836. The van der Waals surface area contributed by atoms with Crippen molar-refractivity contribution >= 4 is 17.7 Å². The van der Waals surface area contributed by atoms with Crippen LogP contribution in [0.25, 0.3) is 6.08 Å². The molecule has 0 unspecified atom stereocenters. The lowest BCUT2D eigenvalue weighted by Gasteiger charge is -1.95. The fourth-order valence-corrected chi connectivity index (χ4v) is 1.11. The summed E-state index contributed by atoms with van der Waals surface area (Å²) < 4.78 is 0. The van der Waals surface area contributed by atoms with E-state index in [1.54, 1.807) is 0 Å². The van der Waals surface area contributed by atoms with Crippen LogP contribution in [0.2, 0.25) is 5.02 Å². The van der Waals surface area contributed by atoms with Gasteiger partial charge in [-0.2, -0.15) is 0 Å². The molecule has 1 rings (SSSR count). The second-order valence-corrected chi connectivity index (χ2v) is 3.59. The Morgan fingerprint density at radius 1 is 1.33 bits per heavy atom. The molecule has 0 nitrogen and oxygen atoms in total. The smallest absolute Gasteiger partial charge is 0.0411 e. The van der Waals surface area contributed by atoms with Gasteiger partial charge in [0.15, 0.2) is 0 Å². The molecule has 1 aromatic rings. The predicted molar refractivity (Wildman–Crippen MR) is 55.3 cm³/mol. The van der Waals surface area contributed by atoms with Gasteiger partial charge in [0.1, 0.15) is 0 Å². The Labute approximate surface area is 78.9 Å². The lowest BCUT2D eigenvalue weighted by Crippen LogP contribution is -1.77. The molecular weight excluding hydrogens is 168 g/mol. The van der Waals surface area contributed by atoms with E-state index in [4.69, 9.17) is 11.6 Å².